The largest absolute Gasteiger partial charge is 0.368 e. The van der Waals surface area contributed by atoms with Crippen molar-refractivity contribution in [3.8, 4) is 0 Å². The van der Waals surface area contributed by atoms with E-state index in [1.807, 2.05) is 18.2 Å². The molecule has 1 atom stereocenters. The molecule has 0 radical (unpaired) electrons. The van der Waals surface area contributed by atoms with E-state index in [1.54, 1.807) is 24.3 Å². The van der Waals surface area contributed by atoms with Crippen LogP contribution in [0.1, 0.15) is 39.5 Å². The second kappa shape index (κ2) is 6.54. The number of halogens is 1. The van der Waals surface area contributed by atoms with Crippen LogP contribution < -0.4 is 11.1 Å². The predicted octanol–water partition coefficient (Wildman–Crippen LogP) is 2.89. The van der Waals surface area contributed by atoms with Crippen LogP contribution in [0.3, 0.4) is 0 Å². The molecule has 118 valence electrons. The number of primary amides is 1. The summed E-state index contributed by atoms with van der Waals surface area (Å²) < 4.78 is 0.827. The summed E-state index contributed by atoms with van der Waals surface area (Å²) in [5, 5.41) is 2.73. The molecule has 0 saturated carbocycles. The smallest absolute Gasteiger partial charge is 0.252 e. The number of benzene rings is 2. The molecular weight excluding hydrogens is 356 g/mol. The molecular formula is C18H17BrN2O2. The molecule has 2 aromatic carbocycles. The van der Waals surface area contributed by atoms with Crippen LogP contribution in [0, 0.1) is 0 Å². The Labute approximate surface area is 143 Å². The van der Waals surface area contributed by atoms with Gasteiger partial charge in [0.05, 0.1) is 0 Å². The van der Waals surface area contributed by atoms with E-state index >= 15 is 0 Å². The van der Waals surface area contributed by atoms with Gasteiger partial charge in [0.1, 0.15) is 6.04 Å². The van der Waals surface area contributed by atoms with Crippen molar-refractivity contribution in [2.75, 3.05) is 0 Å². The van der Waals surface area contributed by atoms with Crippen molar-refractivity contribution >= 4 is 27.7 Å². The van der Waals surface area contributed by atoms with Gasteiger partial charge in [-0.05, 0) is 60.2 Å². The topological polar surface area (TPSA) is 72.2 Å². The predicted molar refractivity (Wildman–Crippen MR) is 92.0 cm³/mol. The summed E-state index contributed by atoms with van der Waals surface area (Å²) in [7, 11) is 0. The number of rotatable bonds is 4. The highest BCUT2D eigenvalue weighted by molar-refractivity contribution is 9.10. The van der Waals surface area contributed by atoms with Crippen molar-refractivity contribution < 1.29 is 9.59 Å². The van der Waals surface area contributed by atoms with E-state index in [0.29, 0.717) is 11.1 Å². The fourth-order valence-electron chi connectivity index (χ4n) is 2.93. The monoisotopic (exact) mass is 372 g/mol. The van der Waals surface area contributed by atoms with Crippen LogP contribution in [-0.4, -0.2) is 11.8 Å². The van der Waals surface area contributed by atoms with Crippen molar-refractivity contribution in [1.82, 2.24) is 5.32 Å². The molecule has 23 heavy (non-hydrogen) atoms. The van der Waals surface area contributed by atoms with Crippen LogP contribution in [0.4, 0.5) is 0 Å². The number of amides is 2. The van der Waals surface area contributed by atoms with Gasteiger partial charge >= 0.3 is 0 Å². The summed E-state index contributed by atoms with van der Waals surface area (Å²) in [6.07, 6.45) is 3.20. The Morgan fingerprint density at radius 3 is 2.61 bits per heavy atom. The minimum Gasteiger partial charge on any atom is -0.368 e. The summed E-state index contributed by atoms with van der Waals surface area (Å²) in [5.41, 5.74) is 9.21. The van der Waals surface area contributed by atoms with E-state index < -0.39 is 11.9 Å². The molecule has 1 aliphatic carbocycles. The van der Waals surface area contributed by atoms with Crippen molar-refractivity contribution in [1.29, 1.82) is 0 Å². The van der Waals surface area contributed by atoms with Crippen LogP contribution in [0.5, 0.6) is 0 Å². The lowest BCUT2D eigenvalue weighted by Gasteiger charge is -2.16. The van der Waals surface area contributed by atoms with Gasteiger partial charge in [-0.1, -0.05) is 34.1 Å². The lowest BCUT2D eigenvalue weighted by atomic mass is 10.0. The van der Waals surface area contributed by atoms with Crippen LogP contribution in [-0.2, 0) is 17.6 Å². The van der Waals surface area contributed by atoms with Gasteiger partial charge in [-0.15, -0.1) is 0 Å². The maximum atomic E-state index is 12.5. The van der Waals surface area contributed by atoms with Crippen molar-refractivity contribution in [3.63, 3.8) is 0 Å². The van der Waals surface area contributed by atoms with Gasteiger partial charge in [-0.3, -0.25) is 9.59 Å². The number of nitrogens with one attached hydrogen (secondary N) is 1. The Hall–Kier alpha value is -2.14. The van der Waals surface area contributed by atoms with Gasteiger partial charge in [0.2, 0.25) is 5.91 Å². The Balaban J connectivity index is 1.83. The average molecular weight is 373 g/mol. The first-order chi connectivity index (χ1) is 11.0. The van der Waals surface area contributed by atoms with Gasteiger partial charge < -0.3 is 11.1 Å². The Kier molecular flexibility index (Phi) is 4.48. The molecule has 5 heteroatoms. The Morgan fingerprint density at radius 2 is 1.87 bits per heavy atom. The van der Waals surface area contributed by atoms with Crippen LogP contribution in [0.15, 0.2) is 46.9 Å². The number of hydrogen-bond donors (Lipinski definition) is 2. The number of aryl methyl sites for hydroxylation is 2. The van der Waals surface area contributed by atoms with Gasteiger partial charge in [-0.2, -0.15) is 0 Å². The molecule has 0 saturated heterocycles. The molecule has 0 bridgehead atoms. The Morgan fingerprint density at radius 1 is 1.09 bits per heavy atom. The van der Waals surface area contributed by atoms with E-state index in [1.165, 1.54) is 11.1 Å². The summed E-state index contributed by atoms with van der Waals surface area (Å²) in [5.74, 6) is -0.874. The highest BCUT2D eigenvalue weighted by atomic mass is 79.9. The van der Waals surface area contributed by atoms with E-state index in [2.05, 4.69) is 21.2 Å². The first-order valence-electron chi connectivity index (χ1n) is 7.52. The molecule has 3 rings (SSSR count). The van der Waals surface area contributed by atoms with Crippen molar-refractivity contribution in [3.05, 3.63) is 69.2 Å². The maximum Gasteiger partial charge on any atom is 0.252 e. The molecule has 0 aliphatic heterocycles. The van der Waals surface area contributed by atoms with E-state index in [0.717, 1.165) is 23.7 Å². The maximum absolute atomic E-state index is 12.5. The van der Waals surface area contributed by atoms with Gasteiger partial charge in [0, 0.05) is 10.0 Å². The fraction of sp³-hybridized carbons (Fsp3) is 0.222. The first-order valence-corrected chi connectivity index (χ1v) is 8.31. The Bertz CT molecular complexity index is 773. The zero-order chi connectivity index (χ0) is 16.4. The second-order valence-electron chi connectivity index (χ2n) is 5.70. The third-order valence-electron chi connectivity index (χ3n) is 4.10. The molecule has 2 aromatic rings. The van der Waals surface area contributed by atoms with Crippen LogP contribution in [0.25, 0.3) is 0 Å². The zero-order valence-electron chi connectivity index (χ0n) is 12.5. The second-order valence-corrected chi connectivity index (χ2v) is 6.62. The lowest BCUT2D eigenvalue weighted by Crippen LogP contribution is -2.37. The lowest BCUT2D eigenvalue weighted by molar-refractivity contribution is -0.120. The molecule has 0 spiro atoms. The van der Waals surface area contributed by atoms with Crippen molar-refractivity contribution in [2.24, 2.45) is 5.73 Å². The van der Waals surface area contributed by atoms with Crippen LogP contribution >= 0.6 is 15.9 Å². The third-order valence-corrected chi connectivity index (χ3v) is 4.60. The van der Waals surface area contributed by atoms with E-state index in [9.17, 15) is 9.59 Å². The summed E-state index contributed by atoms with van der Waals surface area (Å²) in [6, 6.07) is 12.1. The number of carbonyl (C=O) groups is 2. The van der Waals surface area contributed by atoms with Crippen LogP contribution in [0.2, 0.25) is 0 Å². The molecule has 0 fully saturated rings. The molecule has 1 unspecified atom stereocenters. The normalized spacial score (nSPS) is 14.1. The summed E-state index contributed by atoms with van der Waals surface area (Å²) >= 11 is 3.36. The number of fused-ring (bicyclic) bond motifs is 1. The molecule has 1 aliphatic rings. The van der Waals surface area contributed by atoms with E-state index in [4.69, 9.17) is 5.73 Å². The number of hydrogen-bond acceptors (Lipinski definition) is 2. The minimum atomic E-state index is -0.853. The highest BCUT2D eigenvalue weighted by Gasteiger charge is 2.22. The SMILES string of the molecule is NC(=O)C(NC(=O)c1ccc2c(c1)CCC2)c1cccc(Br)c1. The minimum absolute atomic E-state index is 0.288. The van der Waals surface area contributed by atoms with Crippen molar-refractivity contribution in [2.45, 2.75) is 25.3 Å². The molecule has 2 amide bonds. The molecule has 0 heterocycles. The molecule has 4 nitrogen and oxygen atoms in total. The summed E-state index contributed by atoms with van der Waals surface area (Å²) in [4.78, 5) is 24.2. The molecule has 3 N–H and O–H groups in total. The van der Waals surface area contributed by atoms with Gasteiger partial charge in [-0.25, -0.2) is 0 Å². The first kappa shape index (κ1) is 15.7. The average Bonchev–Trinajstić information content (AvgIpc) is 2.99. The quantitative estimate of drug-likeness (QED) is 0.865. The fourth-order valence-corrected chi connectivity index (χ4v) is 3.35. The number of nitrogens with two attached hydrogens (primary N) is 1. The van der Waals surface area contributed by atoms with Gasteiger partial charge in [0.15, 0.2) is 0 Å². The number of carbonyl (C=O) groups excluding carboxylic acids is 2. The highest BCUT2D eigenvalue weighted by Crippen LogP contribution is 2.23. The van der Waals surface area contributed by atoms with E-state index in [-0.39, 0.29) is 5.91 Å². The standard InChI is InChI=1S/C18H17BrN2O2/c19-15-6-2-5-13(10-15)16(17(20)22)21-18(23)14-8-7-11-3-1-4-12(11)9-14/h2,5-10,16H,1,3-4H2,(H2,20,22)(H,21,23). The zero-order valence-corrected chi connectivity index (χ0v) is 14.1. The van der Waals surface area contributed by atoms with Gasteiger partial charge in [0.25, 0.3) is 5.91 Å². The third kappa shape index (κ3) is 3.45. The summed E-state index contributed by atoms with van der Waals surface area (Å²) in [6.45, 7) is 0. The molecule has 0 aromatic heterocycles.